The van der Waals surface area contributed by atoms with Gasteiger partial charge in [-0.15, -0.1) is 0 Å². The third-order valence-corrected chi connectivity index (χ3v) is 4.97. The van der Waals surface area contributed by atoms with E-state index in [0.29, 0.717) is 28.4 Å². The van der Waals surface area contributed by atoms with Gasteiger partial charge in [0.15, 0.2) is 10.9 Å². The molecular formula is C22H13NO3. The van der Waals surface area contributed by atoms with Crippen molar-refractivity contribution in [2.45, 2.75) is 6.54 Å². The SMILES string of the molecule is O=c1ccc(=O)c2c1c1c(=O)c3ccccc3c1n2Cc1ccccc1. The Morgan fingerprint density at radius 2 is 1.27 bits per heavy atom. The largest absolute Gasteiger partial charge is 0.332 e. The maximum Gasteiger partial charge on any atom is 0.203 e. The van der Waals surface area contributed by atoms with Crippen LogP contribution < -0.4 is 16.3 Å². The highest BCUT2D eigenvalue weighted by atomic mass is 16.1. The fourth-order valence-corrected chi connectivity index (χ4v) is 3.88. The van der Waals surface area contributed by atoms with Gasteiger partial charge in [-0.3, -0.25) is 14.4 Å². The van der Waals surface area contributed by atoms with Crippen molar-refractivity contribution in [2.24, 2.45) is 0 Å². The van der Waals surface area contributed by atoms with Crippen molar-refractivity contribution in [1.29, 1.82) is 0 Å². The molecule has 0 N–H and O–H groups in total. The van der Waals surface area contributed by atoms with Crippen LogP contribution in [0.4, 0.5) is 0 Å². The summed E-state index contributed by atoms with van der Waals surface area (Å²) in [5, 5.41) is 1.96. The molecule has 0 bridgehead atoms. The van der Waals surface area contributed by atoms with E-state index in [9.17, 15) is 14.4 Å². The molecule has 1 aromatic heterocycles. The minimum atomic E-state index is -0.288. The lowest BCUT2D eigenvalue weighted by molar-refractivity contribution is 0.869. The zero-order chi connectivity index (χ0) is 17.8. The van der Waals surface area contributed by atoms with Crippen molar-refractivity contribution >= 4 is 32.6 Å². The van der Waals surface area contributed by atoms with Gasteiger partial charge in [-0.25, -0.2) is 0 Å². The minimum absolute atomic E-state index is 0.185. The molecule has 5 rings (SSSR count). The predicted molar refractivity (Wildman–Crippen MR) is 104 cm³/mol. The molecule has 0 radical (unpaired) electrons. The quantitative estimate of drug-likeness (QED) is 0.497. The summed E-state index contributed by atoms with van der Waals surface area (Å²) in [7, 11) is 0. The van der Waals surface area contributed by atoms with Gasteiger partial charge in [-0.05, 0) is 17.7 Å². The van der Waals surface area contributed by atoms with Crippen LogP contribution in [-0.4, -0.2) is 4.57 Å². The molecule has 4 heteroatoms. The summed E-state index contributed by atoms with van der Waals surface area (Å²) in [6.45, 7) is 0.424. The van der Waals surface area contributed by atoms with Crippen LogP contribution >= 0.6 is 0 Å². The fraction of sp³-hybridized carbons (Fsp3) is 0.0455. The molecule has 0 amide bonds. The van der Waals surface area contributed by atoms with Gasteiger partial charge >= 0.3 is 0 Å². The first-order valence-electron chi connectivity index (χ1n) is 8.38. The highest BCUT2D eigenvalue weighted by Crippen LogP contribution is 2.31. The molecule has 0 saturated carbocycles. The predicted octanol–water partition coefficient (Wildman–Crippen LogP) is 2.95. The summed E-state index contributed by atoms with van der Waals surface area (Å²) < 4.78 is 1.83. The Hall–Kier alpha value is -3.53. The number of hydrogen-bond donors (Lipinski definition) is 0. The summed E-state index contributed by atoms with van der Waals surface area (Å²) in [5.41, 5.74) is 1.27. The van der Waals surface area contributed by atoms with Crippen LogP contribution in [0, 0.1) is 0 Å². The van der Waals surface area contributed by atoms with Crippen LogP contribution in [-0.2, 0) is 6.54 Å². The number of hydrogen-bond acceptors (Lipinski definition) is 3. The number of aromatic nitrogens is 1. The first-order valence-corrected chi connectivity index (χ1v) is 8.38. The molecule has 0 fully saturated rings. The Kier molecular flexibility index (Phi) is 2.97. The monoisotopic (exact) mass is 339 g/mol. The van der Waals surface area contributed by atoms with Crippen molar-refractivity contribution in [3.05, 3.63) is 103 Å². The first-order chi connectivity index (χ1) is 12.7. The van der Waals surface area contributed by atoms with Gasteiger partial charge in [0, 0.05) is 17.3 Å². The highest BCUT2D eigenvalue weighted by Gasteiger charge is 2.22. The van der Waals surface area contributed by atoms with Crippen molar-refractivity contribution in [1.82, 2.24) is 4.57 Å². The normalized spacial score (nSPS) is 11.7. The van der Waals surface area contributed by atoms with Gasteiger partial charge in [-0.2, -0.15) is 0 Å². The van der Waals surface area contributed by atoms with Crippen LogP contribution in [0.3, 0.4) is 0 Å². The second kappa shape index (κ2) is 5.23. The summed E-state index contributed by atoms with van der Waals surface area (Å²) in [6, 6.07) is 19.6. The fourth-order valence-electron chi connectivity index (χ4n) is 3.88. The maximum absolute atomic E-state index is 13.0. The summed E-state index contributed by atoms with van der Waals surface area (Å²) >= 11 is 0. The van der Waals surface area contributed by atoms with Crippen LogP contribution in [0.15, 0.2) is 81.1 Å². The summed E-state index contributed by atoms with van der Waals surface area (Å²) in [5.74, 6) is 0. The van der Waals surface area contributed by atoms with Gasteiger partial charge in [0.05, 0.1) is 16.3 Å². The number of fused-ring (bicyclic) bond motifs is 5. The summed E-state index contributed by atoms with van der Waals surface area (Å²) in [4.78, 5) is 38.1. The molecule has 4 aromatic carbocycles. The topological polar surface area (TPSA) is 56.1 Å². The van der Waals surface area contributed by atoms with E-state index in [1.807, 2.05) is 53.1 Å². The zero-order valence-electron chi connectivity index (χ0n) is 13.7. The average Bonchev–Trinajstić information content (AvgIpc) is 3.15. The van der Waals surface area contributed by atoms with E-state index in [2.05, 4.69) is 0 Å². The Morgan fingerprint density at radius 1 is 0.615 bits per heavy atom. The minimum Gasteiger partial charge on any atom is -0.332 e. The third-order valence-electron chi connectivity index (χ3n) is 4.97. The van der Waals surface area contributed by atoms with Crippen LogP contribution in [0.1, 0.15) is 5.56 Å². The molecule has 1 heterocycles. The molecule has 0 aliphatic carbocycles. The Bertz CT molecular complexity index is 1450. The van der Waals surface area contributed by atoms with Crippen molar-refractivity contribution in [3.8, 4) is 0 Å². The lowest BCUT2D eigenvalue weighted by Gasteiger charge is -2.07. The van der Waals surface area contributed by atoms with Gasteiger partial charge < -0.3 is 4.57 Å². The Labute approximate surface area is 147 Å². The molecule has 0 atom stereocenters. The number of rotatable bonds is 2. The molecule has 5 aromatic rings. The Morgan fingerprint density at radius 3 is 2.04 bits per heavy atom. The van der Waals surface area contributed by atoms with Crippen LogP contribution in [0.2, 0.25) is 0 Å². The van der Waals surface area contributed by atoms with E-state index in [0.717, 1.165) is 10.9 Å². The van der Waals surface area contributed by atoms with Crippen molar-refractivity contribution < 1.29 is 0 Å². The smallest absolute Gasteiger partial charge is 0.203 e. The molecule has 0 saturated heterocycles. The molecule has 0 unspecified atom stereocenters. The molecule has 0 spiro atoms. The standard InChI is InChI=1S/C22H13NO3/c24-16-10-11-17(25)21-18(16)19-20(14-8-4-5-9-15(14)22(19)26)23(21)12-13-6-2-1-3-7-13/h1-11H,12H2. The molecule has 4 nitrogen and oxygen atoms in total. The van der Waals surface area contributed by atoms with E-state index in [-0.39, 0.29) is 21.7 Å². The van der Waals surface area contributed by atoms with Gasteiger partial charge in [-0.1, -0.05) is 54.6 Å². The van der Waals surface area contributed by atoms with Crippen LogP contribution in [0.25, 0.3) is 32.6 Å². The summed E-state index contributed by atoms with van der Waals surface area (Å²) in [6.07, 6.45) is 0. The highest BCUT2D eigenvalue weighted by molar-refractivity contribution is 6.20. The van der Waals surface area contributed by atoms with Crippen molar-refractivity contribution in [2.75, 3.05) is 0 Å². The zero-order valence-corrected chi connectivity index (χ0v) is 13.7. The van der Waals surface area contributed by atoms with Crippen LogP contribution in [0.5, 0.6) is 0 Å². The average molecular weight is 339 g/mol. The van der Waals surface area contributed by atoms with Gasteiger partial charge in [0.25, 0.3) is 0 Å². The van der Waals surface area contributed by atoms with Gasteiger partial charge in [0.1, 0.15) is 5.52 Å². The molecular weight excluding hydrogens is 326 g/mol. The Balaban J connectivity index is 2.06. The molecule has 124 valence electrons. The van der Waals surface area contributed by atoms with E-state index in [1.165, 1.54) is 12.1 Å². The second-order valence-corrected chi connectivity index (χ2v) is 6.46. The third kappa shape index (κ3) is 1.87. The van der Waals surface area contributed by atoms with E-state index >= 15 is 0 Å². The van der Waals surface area contributed by atoms with E-state index in [4.69, 9.17) is 0 Å². The molecule has 26 heavy (non-hydrogen) atoms. The van der Waals surface area contributed by atoms with Gasteiger partial charge in [0.2, 0.25) is 5.43 Å². The van der Waals surface area contributed by atoms with E-state index < -0.39 is 0 Å². The first kappa shape index (κ1) is 14.8. The second-order valence-electron chi connectivity index (χ2n) is 6.46. The van der Waals surface area contributed by atoms with Crippen molar-refractivity contribution in [3.63, 3.8) is 0 Å². The number of benzene rings is 3. The van der Waals surface area contributed by atoms with E-state index in [1.54, 1.807) is 6.07 Å². The maximum atomic E-state index is 13.0. The molecule has 0 aliphatic rings. The number of nitrogens with zero attached hydrogens (tertiary/aromatic N) is 1. The lowest BCUT2D eigenvalue weighted by Crippen LogP contribution is -2.13. The lowest BCUT2D eigenvalue weighted by atomic mass is 10.2. The molecule has 0 aliphatic heterocycles.